The van der Waals surface area contributed by atoms with Gasteiger partial charge in [0.15, 0.2) is 0 Å². The Morgan fingerprint density at radius 2 is 2.46 bits per heavy atom. The Balaban J connectivity index is 2.52. The van der Waals surface area contributed by atoms with Gasteiger partial charge in [-0.05, 0) is 25.8 Å². The zero-order chi connectivity index (χ0) is 9.84. The molecule has 0 spiro atoms. The van der Waals surface area contributed by atoms with E-state index in [1.165, 1.54) is 0 Å². The van der Waals surface area contributed by atoms with E-state index in [0.717, 1.165) is 6.42 Å². The predicted molar refractivity (Wildman–Crippen MR) is 47.4 cm³/mol. The number of carboxylic acids is 1. The number of nitrogens with zero attached hydrogens (tertiary/aromatic N) is 1. The molecule has 3 nitrogen and oxygen atoms in total. The van der Waals surface area contributed by atoms with Gasteiger partial charge in [0.25, 0.3) is 0 Å². The smallest absolute Gasteiger partial charge is 0.320 e. The maximum absolute atomic E-state index is 13.0. The molecule has 1 fully saturated rings. The topological polar surface area (TPSA) is 40.5 Å². The summed E-state index contributed by atoms with van der Waals surface area (Å²) in [6.07, 6.45) is 1.04. The molecule has 0 bridgehead atoms. The number of piperidine rings is 1. The van der Waals surface area contributed by atoms with Gasteiger partial charge in [0.05, 0.1) is 0 Å². The Bertz CT molecular complexity index is 186. The van der Waals surface area contributed by atoms with Crippen LogP contribution >= 0.6 is 0 Å². The molecule has 76 valence electrons. The first-order valence-corrected chi connectivity index (χ1v) is 4.76. The standard InChI is InChI=1S/C9H16FNO2/c1-2-8(9(12)13)11-5-3-4-7(10)6-11/h7-8H,2-6H2,1H3,(H,12,13)/t7-,8-/m0/s1. The van der Waals surface area contributed by atoms with Crippen LogP contribution in [0, 0.1) is 0 Å². The Morgan fingerprint density at radius 3 is 2.92 bits per heavy atom. The summed E-state index contributed by atoms with van der Waals surface area (Å²) in [5.41, 5.74) is 0. The van der Waals surface area contributed by atoms with Crippen LogP contribution in [0.4, 0.5) is 4.39 Å². The number of halogens is 1. The largest absolute Gasteiger partial charge is 0.480 e. The zero-order valence-corrected chi connectivity index (χ0v) is 7.87. The maximum Gasteiger partial charge on any atom is 0.320 e. The summed E-state index contributed by atoms with van der Waals surface area (Å²) >= 11 is 0. The highest BCUT2D eigenvalue weighted by atomic mass is 19.1. The summed E-state index contributed by atoms with van der Waals surface area (Å²) in [6.45, 7) is 2.82. The number of rotatable bonds is 3. The van der Waals surface area contributed by atoms with Crippen LogP contribution in [0.25, 0.3) is 0 Å². The molecule has 0 aromatic carbocycles. The Hall–Kier alpha value is -0.640. The molecule has 1 aliphatic heterocycles. The van der Waals surface area contributed by atoms with Gasteiger partial charge in [0, 0.05) is 6.54 Å². The van der Waals surface area contributed by atoms with E-state index in [1.807, 2.05) is 6.92 Å². The second-order valence-electron chi connectivity index (χ2n) is 3.50. The van der Waals surface area contributed by atoms with Crippen LogP contribution in [0.15, 0.2) is 0 Å². The van der Waals surface area contributed by atoms with Gasteiger partial charge in [-0.25, -0.2) is 4.39 Å². The van der Waals surface area contributed by atoms with Crippen molar-refractivity contribution < 1.29 is 14.3 Å². The molecule has 1 N–H and O–H groups in total. The van der Waals surface area contributed by atoms with Gasteiger partial charge in [-0.3, -0.25) is 9.69 Å². The highest BCUT2D eigenvalue weighted by Gasteiger charge is 2.28. The van der Waals surface area contributed by atoms with E-state index in [1.54, 1.807) is 4.90 Å². The Labute approximate surface area is 77.5 Å². The summed E-state index contributed by atoms with van der Waals surface area (Å²) in [5, 5.41) is 8.85. The van der Waals surface area contributed by atoms with Gasteiger partial charge in [-0.2, -0.15) is 0 Å². The fourth-order valence-electron chi connectivity index (χ4n) is 1.82. The minimum absolute atomic E-state index is 0.283. The van der Waals surface area contributed by atoms with E-state index >= 15 is 0 Å². The number of aliphatic carboxylic acids is 1. The predicted octanol–water partition coefficient (Wildman–Crippen LogP) is 1.28. The third-order valence-corrected chi connectivity index (χ3v) is 2.51. The normalized spacial score (nSPS) is 27.1. The molecule has 1 rings (SSSR count). The summed E-state index contributed by atoms with van der Waals surface area (Å²) in [6, 6.07) is -0.501. The lowest BCUT2D eigenvalue weighted by Gasteiger charge is -2.32. The van der Waals surface area contributed by atoms with Gasteiger partial charge in [-0.15, -0.1) is 0 Å². The molecule has 1 saturated heterocycles. The Kier molecular flexibility index (Phi) is 3.66. The summed E-state index contributed by atoms with van der Waals surface area (Å²) in [5.74, 6) is -0.836. The summed E-state index contributed by atoms with van der Waals surface area (Å²) < 4.78 is 13.0. The average Bonchev–Trinajstić information content (AvgIpc) is 2.04. The van der Waals surface area contributed by atoms with E-state index in [-0.39, 0.29) is 6.54 Å². The van der Waals surface area contributed by atoms with Crippen LogP contribution in [-0.2, 0) is 4.79 Å². The highest BCUT2D eigenvalue weighted by Crippen LogP contribution is 2.16. The summed E-state index contributed by atoms with van der Waals surface area (Å²) in [7, 11) is 0. The Morgan fingerprint density at radius 1 is 1.77 bits per heavy atom. The molecule has 0 aliphatic carbocycles. The highest BCUT2D eigenvalue weighted by molar-refractivity contribution is 5.73. The zero-order valence-electron chi connectivity index (χ0n) is 7.87. The first kappa shape index (κ1) is 10.4. The van der Waals surface area contributed by atoms with Crippen molar-refractivity contribution in [2.75, 3.05) is 13.1 Å². The lowest BCUT2D eigenvalue weighted by atomic mass is 10.1. The van der Waals surface area contributed by atoms with Crippen LogP contribution in [0.1, 0.15) is 26.2 Å². The van der Waals surface area contributed by atoms with Crippen molar-refractivity contribution in [3.63, 3.8) is 0 Å². The van der Waals surface area contributed by atoms with Crippen molar-refractivity contribution in [1.29, 1.82) is 0 Å². The van der Waals surface area contributed by atoms with E-state index < -0.39 is 18.2 Å². The van der Waals surface area contributed by atoms with E-state index in [2.05, 4.69) is 0 Å². The monoisotopic (exact) mass is 189 g/mol. The van der Waals surface area contributed by atoms with Gasteiger partial charge in [0.1, 0.15) is 12.2 Å². The number of hydrogen-bond donors (Lipinski definition) is 1. The van der Waals surface area contributed by atoms with Crippen LogP contribution in [0.2, 0.25) is 0 Å². The second-order valence-corrected chi connectivity index (χ2v) is 3.50. The van der Waals surface area contributed by atoms with Gasteiger partial charge in [-0.1, -0.05) is 6.92 Å². The van der Waals surface area contributed by atoms with Crippen LogP contribution < -0.4 is 0 Å². The quantitative estimate of drug-likeness (QED) is 0.727. The minimum atomic E-state index is -0.845. The number of hydrogen-bond acceptors (Lipinski definition) is 2. The molecule has 2 atom stereocenters. The van der Waals surface area contributed by atoms with Crippen LogP contribution in [0.3, 0.4) is 0 Å². The molecule has 0 aromatic rings. The molecular formula is C9H16FNO2. The molecule has 0 saturated carbocycles. The lowest BCUT2D eigenvalue weighted by Crippen LogP contribution is -2.47. The molecule has 13 heavy (non-hydrogen) atoms. The van der Waals surface area contributed by atoms with Gasteiger partial charge in [0.2, 0.25) is 0 Å². The number of alkyl halides is 1. The van der Waals surface area contributed by atoms with Crippen LogP contribution in [0.5, 0.6) is 0 Å². The van der Waals surface area contributed by atoms with Crippen molar-refractivity contribution >= 4 is 5.97 Å². The fourth-order valence-corrected chi connectivity index (χ4v) is 1.82. The molecule has 0 radical (unpaired) electrons. The van der Waals surface area contributed by atoms with Gasteiger partial charge < -0.3 is 5.11 Å². The van der Waals surface area contributed by atoms with Crippen molar-refractivity contribution in [2.24, 2.45) is 0 Å². The van der Waals surface area contributed by atoms with Gasteiger partial charge >= 0.3 is 5.97 Å². The number of carbonyl (C=O) groups is 1. The van der Waals surface area contributed by atoms with E-state index in [9.17, 15) is 9.18 Å². The third kappa shape index (κ3) is 2.66. The van der Waals surface area contributed by atoms with Crippen LogP contribution in [-0.4, -0.2) is 41.3 Å². The van der Waals surface area contributed by atoms with Crippen molar-refractivity contribution in [3.05, 3.63) is 0 Å². The third-order valence-electron chi connectivity index (χ3n) is 2.51. The van der Waals surface area contributed by atoms with Crippen molar-refractivity contribution in [3.8, 4) is 0 Å². The maximum atomic E-state index is 13.0. The lowest BCUT2D eigenvalue weighted by molar-refractivity contribution is -0.144. The van der Waals surface area contributed by atoms with E-state index in [0.29, 0.717) is 19.4 Å². The molecule has 1 aliphatic rings. The van der Waals surface area contributed by atoms with Crippen molar-refractivity contribution in [2.45, 2.75) is 38.4 Å². The number of carboxylic acid groups (broad SMARTS) is 1. The van der Waals surface area contributed by atoms with E-state index in [4.69, 9.17) is 5.11 Å². The number of likely N-dealkylation sites (tertiary alicyclic amines) is 1. The molecule has 1 heterocycles. The average molecular weight is 189 g/mol. The fraction of sp³-hybridized carbons (Fsp3) is 0.889. The molecule has 4 heteroatoms. The first-order valence-electron chi connectivity index (χ1n) is 4.76. The SMILES string of the molecule is CC[C@@H](C(=O)O)N1CCC[C@H](F)C1. The molecular weight excluding hydrogens is 173 g/mol. The summed E-state index contributed by atoms with van der Waals surface area (Å²) in [4.78, 5) is 12.5. The second kappa shape index (κ2) is 4.56. The molecule has 0 aromatic heterocycles. The minimum Gasteiger partial charge on any atom is -0.480 e. The van der Waals surface area contributed by atoms with Crippen molar-refractivity contribution in [1.82, 2.24) is 4.90 Å². The molecule has 0 amide bonds. The first-order chi connectivity index (χ1) is 6.15. The molecule has 0 unspecified atom stereocenters.